The van der Waals surface area contributed by atoms with E-state index in [4.69, 9.17) is 24.4 Å². The van der Waals surface area contributed by atoms with Crippen LogP contribution in [-0.2, 0) is 14.2 Å². The van der Waals surface area contributed by atoms with Crippen molar-refractivity contribution in [2.75, 3.05) is 13.2 Å². The summed E-state index contributed by atoms with van der Waals surface area (Å²) in [4.78, 5) is 0. The molecule has 2 heterocycles. The second-order valence-electron chi connectivity index (χ2n) is 4.73. The van der Waals surface area contributed by atoms with E-state index in [1.165, 1.54) is 0 Å². The van der Waals surface area contributed by atoms with Crippen LogP contribution in [0.15, 0.2) is 0 Å². The topological polar surface area (TPSA) is 169 Å². The predicted octanol–water partition coefficient (Wildman–Crippen LogP) is -4.80. The Morgan fingerprint density at radius 2 is 1.50 bits per heavy atom. The van der Waals surface area contributed by atoms with Gasteiger partial charge in [0.2, 0.25) is 0 Å². The Kier molecular flexibility index (Phi) is 4.61. The van der Waals surface area contributed by atoms with E-state index in [0.29, 0.717) is 0 Å². The highest BCUT2D eigenvalue weighted by atomic mass is 16.9. The molecule has 8 atom stereocenters. The largest absolute Gasteiger partial charge is 0.394 e. The molecule has 10 heteroatoms. The predicted molar refractivity (Wildman–Crippen MR) is 57.8 cm³/mol. The SMILES string of the molecule is OC[C@@H]1O[C@@H](O[C@]2(O)O[C@H](CO)[C@@H](O)[C@@H]2O)[C@H](O)[C@H]1O. The van der Waals surface area contributed by atoms with Crippen LogP contribution in [0.5, 0.6) is 0 Å². The highest BCUT2D eigenvalue weighted by Crippen LogP contribution is 2.34. The number of aliphatic hydroxyl groups excluding tert-OH is 6. The lowest BCUT2D eigenvalue weighted by Crippen LogP contribution is -2.50. The molecule has 2 aliphatic heterocycles. The molecule has 0 amide bonds. The normalized spacial score (nSPS) is 52.6. The lowest BCUT2D eigenvalue weighted by atomic mass is 10.1. The molecular weight excluding hydrogens is 280 g/mol. The van der Waals surface area contributed by atoms with E-state index in [1.807, 2.05) is 0 Å². The third-order valence-corrected chi connectivity index (χ3v) is 3.36. The zero-order chi connectivity index (χ0) is 15.1. The number of aliphatic hydroxyl groups is 7. The highest BCUT2D eigenvalue weighted by Gasteiger charge is 2.58. The second kappa shape index (κ2) is 5.77. The molecule has 0 radical (unpaired) electrons. The summed E-state index contributed by atoms with van der Waals surface area (Å²) >= 11 is 0. The maximum absolute atomic E-state index is 9.95. The summed E-state index contributed by atoms with van der Waals surface area (Å²) in [7, 11) is 0. The van der Waals surface area contributed by atoms with Crippen LogP contribution in [0.3, 0.4) is 0 Å². The number of hydrogen-bond donors (Lipinski definition) is 7. The van der Waals surface area contributed by atoms with Crippen LogP contribution in [-0.4, -0.2) is 97.8 Å². The minimum atomic E-state index is -2.72. The van der Waals surface area contributed by atoms with Crippen molar-refractivity contribution in [2.45, 2.75) is 48.9 Å². The Labute approximate surface area is 113 Å². The fourth-order valence-corrected chi connectivity index (χ4v) is 2.15. The standard InChI is InChI=1S/C10H18O10/c11-1-3-5(13)7(15)9(18-3)20-10(17)8(16)6(14)4(2-12)19-10/h3-9,11-17H,1-2H2/t3-,4+,5-,6+,7+,8-,9-,10+/m0/s1. The third kappa shape index (κ3) is 2.55. The Hall–Kier alpha value is -0.400. The van der Waals surface area contributed by atoms with Gasteiger partial charge in [-0.15, -0.1) is 0 Å². The van der Waals surface area contributed by atoms with Crippen LogP contribution in [0.4, 0.5) is 0 Å². The van der Waals surface area contributed by atoms with E-state index in [9.17, 15) is 25.5 Å². The van der Waals surface area contributed by atoms with E-state index in [0.717, 1.165) is 0 Å². The minimum Gasteiger partial charge on any atom is -0.394 e. The third-order valence-electron chi connectivity index (χ3n) is 3.36. The molecule has 118 valence electrons. The van der Waals surface area contributed by atoms with E-state index in [2.05, 4.69) is 0 Å². The first-order chi connectivity index (χ1) is 9.34. The first-order valence-corrected chi connectivity index (χ1v) is 6.01. The lowest BCUT2D eigenvalue weighted by molar-refractivity contribution is -0.420. The van der Waals surface area contributed by atoms with E-state index in [1.54, 1.807) is 0 Å². The summed E-state index contributed by atoms with van der Waals surface area (Å²) in [5.74, 6) is -2.72. The van der Waals surface area contributed by atoms with Crippen molar-refractivity contribution in [3.8, 4) is 0 Å². The zero-order valence-electron chi connectivity index (χ0n) is 10.3. The molecule has 0 spiro atoms. The molecule has 2 fully saturated rings. The van der Waals surface area contributed by atoms with E-state index < -0.39 is 62.1 Å². The summed E-state index contributed by atoms with van der Waals surface area (Å²) < 4.78 is 14.6. The number of hydrogen-bond acceptors (Lipinski definition) is 10. The fourth-order valence-electron chi connectivity index (χ4n) is 2.15. The summed E-state index contributed by atoms with van der Waals surface area (Å²) in [5.41, 5.74) is 0. The Morgan fingerprint density at radius 3 is 1.95 bits per heavy atom. The van der Waals surface area contributed by atoms with Crippen LogP contribution in [0.2, 0.25) is 0 Å². The molecule has 2 rings (SSSR count). The first kappa shape index (κ1) is 16.0. The van der Waals surface area contributed by atoms with E-state index >= 15 is 0 Å². The maximum Gasteiger partial charge on any atom is 0.313 e. The monoisotopic (exact) mass is 298 g/mol. The van der Waals surface area contributed by atoms with Crippen LogP contribution < -0.4 is 0 Å². The van der Waals surface area contributed by atoms with Gasteiger partial charge in [-0.3, -0.25) is 4.74 Å². The van der Waals surface area contributed by atoms with Gasteiger partial charge in [0.05, 0.1) is 13.2 Å². The molecule has 0 aromatic heterocycles. The summed E-state index contributed by atoms with van der Waals surface area (Å²) in [6.07, 6.45) is -10.6. The minimum absolute atomic E-state index is 0.595. The smallest absolute Gasteiger partial charge is 0.313 e. The van der Waals surface area contributed by atoms with Gasteiger partial charge in [-0.05, 0) is 0 Å². The van der Waals surface area contributed by atoms with Gasteiger partial charge in [0.15, 0.2) is 12.4 Å². The molecule has 10 nitrogen and oxygen atoms in total. The molecule has 0 unspecified atom stereocenters. The van der Waals surface area contributed by atoms with Crippen molar-refractivity contribution in [3.05, 3.63) is 0 Å². The summed E-state index contributed by atoms with van der Waals surface area (Å²) in [6.45, 7) is -1.28. The summed E-state index contributed by atoms with van der Waals surface area (Å²) in [5, 5.41) is 66.1. The van der Waals surface area contributed by atoms with E-state index in [-0.39, 0.29) is 0 Å². The molecule has 2 saturated heterocycles. The van der Waals surface area contributed by atoms with Crippen molar-refractivity contribution in [2.24, 2.45) is 0 Å². The van der Waals surface area contributed by atoms with Gasteiger partial charge in [0, 0.05) is 0 Å². The van der Waals surface area contributed by atoms with Gasteiger partial charge in [-0.25, -0.2) is 0 Å². The Morgan fingerprint density at radius 1 is 0.900 bits per heavy atom. The Balaban J connectivity index is 2.06. The van der Waals surface area contributed by atoms with Crippen LogP contribution in [0, 0.1) is 0 Å². The van der Waals surface area contributed by atoms with Gasteiger partial charge < -0.3 is 45.2 Å². The van der Waals surface area contributed by atoms with Gasteiger partial charge in [0.1, 0.15) is 30.5 Å². The molecule has 20 heavy (non-hydrogen) atoms. The number of rotatable bonds is 4. The fraction of sp³-hybridized carbons (Fsp3) is 1.00. The molecule has 7 N–H and O–H groups in total. The molecule has 0 aromatic rings. The molecule has 0 aliphatic carbocycles. The number of ether oxygens (including phenoxy) is 3. The molecule has 0 saturated carbocycles. The van der Waals surface area contributed by atoms with Crippen molar-refractivity contribution in [1.29, 1.82) is 0 Å². The average molecular weight is 298 g/mol. The van der Waals surface area contributed by atoms with Crippen molar-refractivity contribution in [1.82, 2.24) is 0 Å². The van der Waals surface area contributed by atoms with Crippen molar-refractivity contribution >= 4 is 0 Å². The highest BCUT2D eigenvalue weighted by molar-refractivity contribution is 4.93. The van der Waals surface area contributed by atoms with Crippen LogP contribution in [0.1, 0.15) is 0 Å². The second-order valence-corrected chi connectivity index (χ2v) is 4.73. The van der Waals surface area contributed by atoms with Crippen LogP contribution in [0.25, 0.3) is 0 Å². The zero-order valence-corrected chi connectivity index (χ0v) is 10.3. The average Bonchev–Trinajstić information content (AvgIpc) is 2.81. The Bertz CT molecular complexity index is 340. The van der Waals surface area contributed by atoms with Gasteiger partial charge in [0.25, 0.3) is 0 Å². The quantitative estimate of drug-likeness (QED) is 0.250. The molecule has 2 aliphatic rings. The molecule has 0 bridgehead atoms. The summed E-state index contributed by atoms with van der Waals surface area (Å²) in [6, 6.07) is 0. The van der Waals surface area contributed by atoms with Gasteiger partial charge >= 0.3 is 5.97 Å². The first-order valence-electron chi connectivity index (χ1n) is 6.01. The van der Waals surface area contributed by atoms with Crippen molar-refractivity contribution < 1.29 is 50.0 Å². The van der Waals surface area contributed by atoms with Gasteiger partial charge in [-0.2, -0.15) is 0 Å². The molecular formula is C10H18O10. The lowest BCUT2D eigenvalue weighted by Gasteiger charge is -2.29. The molecule has 0 aromatic carbocycles. The maximum atomic E-state index is 9.95. The van der Waals surface area contributed by atoms with Gasteiger partial charge in [-0.1, -0.05) is 0 Å². The van der Waals surface area contributed by atoms with Crippen molar-refractivity contribution in [3.63, 3.8) is 0 Å². The van der Waals surface area contributed by atoms with Crippen LogP contribution >= 0.6 is 0 Å².